The highest BCUT2D eigenvalue weighted by molar-refractivity contribution is 9.10. The standard InChI is InChI=1S/C12H14BrN3O/c1-8-7-12(16-9(2)15-8)14-6-5-10-3-4-11(13)17-10/h3-4,7H,5-6H2,1-2H3,(H,14,15,16). The van der Waals surface area contributed by atoms with Gasteiger partial charge in [-0.1, -0.05) is 0 Å². The Hall–Kier alpha value is -1.36. The van der Waals surface area contributed by atoms with Crippen molar-refractivity contribution in [2.75, 3.05) is 11.9 Å². The summed E-state index contributed by atoms with van der Waals surface area (Å²) in [6.45, 7) is 4.64. The van der Waals surface area contributed by atoms with E-state index < -0.39 is 0 Å². The molecule has 0 aromatic carbocycles. The molecule has 0 aliphatic carbocycles. The molecule has 17 heavy (non-hydrogen) atoms. The summed E-state index contributed by atoms with van der Waals surface area (Å²) in [6, 6.07) is 5.79. The van der Waals surface area contributed by atoms with E-state index in [0.717, 1.165) is 40.7 Å². The van der Waals surface area contributed by atoms with Crippen LogP contribution in [0.15, 0.2) is 27.3 Å². The van der Waals surface area contributed by atoms with Gasteiger partial charge in [0, 0.05) is 24.7 Å². The van der Waals surface area contributed by atoms with Crippen LogP contribution >= 0.6 is 15.9 Å². The van der Waals surface area contributed by atoms with Crippen molar-refractivity contribution in [3.8, 4) is 0 Å². The molecule has 0 radical (unpaired) electrons. The van der Waals surface area contributed by atoms with E-state index in [1.165, 1.54) is 0 Å². The summed E-state index contributed by atoms with van der Waals surface area (Å²) in [7, 11) is 0. The molecule has 2 aromatic rings. The lowest BCUT2D eigenvalue weighted by molar-refractivity contribution is 0.491. The predicted octanol–water partition coefficient (Wildman–Crippen LogP) is 3.10. The van der Waals surface area contributed by atoms with Crippen LogP contribution < -0.4 is 5.32 Å². The number of anilines is 1. The maximum atomic E-state index is 5.41. The summed E-state index contributed by atoms with van der Waals surface area (Å²) in [5.41, 5.74) is 0.973. The number of aromatic nitrogens is 2. The van der Waals surface area contributed by atoms with Crippen molar-refractivity contribution in [3.63, 3.8) is 0 Å². The molecule has 4 nitrogen and oxygen atoms in total. The van der Waals surface area contributed by atoms with Crippen molar-refractivity contribution >= 4 is 21.7 Å². The smallest absolute Gasteiger partial charge is 0.169 e. The van der Waals surface area contributed by atoms with Crippen molar-refractivity contribution in [1.29, 1.82) is 0 Å². The van der Waals surface area contributed by atoms with Crippen molar-refractivity contribution in [1.82, 2.24) is 9.97 Å². The summed E-state index contributed by atoms with van der Waals surface area (Å²) < 4.78 is 6.18. The van der Waals surface area contributed by atoms with Crippen LogP contribution in [0.1, 0.15) is 17.3 Å². The van der Waals surface area contributed by atoms with E-state index >= 15 is 0 Å². The Labute approximate surface area is 109 Å². The average molecular weight is 296 g/mol. The number of furan rings is 1. The van der Waals surface area contributed by atoms with Gasteiger partial charge in [0.25, 0.3) is 0 Å². The van der Waals surface area contributed by atoms with Crippen molar-refractivity contribution < 1.29 is 4.42 Å². The van der Waals surface area contributed by atoms with Crippen LogP contribution in [0.2, 0.25) is 0 Å². The van der Waals surface area contributed by atoms with Gasteiger partial charge in [-0.2, -0.15) is 0 Å². The van der Waals surface area contributed by atoms with E-state index in [4.69, 9.17) is 4.42 Å². The van der Waals surface area contributed by atoms with Gasteiger partial charge in [0.05, 0.1) is 0 Å². The number of halogens is 1. The molecule has 1 N–H and O–H groups in total. The molecule has 0 saturated carbocycles. The molecule has 0 aliphatic heterocycles. The molecular formula is C12H14BrN3O. The van der Waals surface area contributed by atoms with E-state index in [1.54, 1.807) is 0 Å². The van der Waals surface area contributed by atoms with Gasteiger partial charge in [0.2, 0.25) is 0 Å². The maximum absolute atomic E-state index is 5.41. The number of aryl methyl sites for hydroxylation is 2. The molecule has 0 fully saturated rings. The minimum absolute atomic E-state index is 0.765. The molecule has 5 heteroatoms. The third-order valence-electron chi connectivity index (χ3n) is 2.27. The first-order valence-corrected chi connectivity index (χ1v) is 6.23. The van der Waals surface area contributed by atoms with Crippen LogP contribution in [-0.4, -0.2) is 16.5 Å². The maximum Gasteiger partial charge on any atom is 0.169 e. The molecule has 0 atom stereocenters. The molecule has 0 spiro atoms. The zero-order valence-corrected chi connectivity index (χ0v) is 11.4. The third-order valence-corrected chi connectivity index (χ3v) is 2.70. The number of nitrogens with one attached hydrogen (secondary N) is 1. The second kappa shape index (κ2) is 5.31. The second-order valence-electron chi connectivity index (χ2n) is 3.82. The van der Waals surface area contributed by atoms with Gasteiger partial charge in [-0.05, 0) is 41.9 Å². The van der Waals surface area contributed by atoms with Gasteiger partial charge >= 0.3 is 0 Å². The van der Waals surface area contributed by atoms with E-state index in [1.807, 2.05) is 32.0 Å². The first-order valence-electron chi connectivity index (χ1n) is 5.44. The zero-order valence-electron chi connectivity index (χ0n) is 9.83. The fourth-order valence-corrected chi connectivity index (χ4v) is 1.95. The minimum Gasteiger partial charge on any atom is -0.454 e. The van der Waals surface area contributed by atoms with Gasteiger partial charge < -0.3 is 9.73 Å². The monoisotopic (exact) mass is 295 g/mol. The Morgan fingerprint density at radius 2 is 2.12 bits per heavy atom. The summed E-state index contributed by atoms with van der Waals surface area (Å²) >= 11 is 3.28. The summed E-state index contributed by atoms with van der Waals surface area (Å²) in [4.78, 5) is 8.54. The highest BCUT2D eigenvalue weighted by atomic mass is 79.9. The molecule has 0 unspecified atom stereocenters. The highest BCUT2D eigenvalue weighted by Gasteiger charge is 2.01. The van der Waals surface area contributed by atoms with Gasteiger partial charge in [-0.3, -0.25) is 0 Å². The number of rotatable bonds is 4. The van der Waals surface area contributed by atoms with Crippen LogP contribution in [0, 0.1) is 13.8 Å². The van der Waals surface area contributed by atoms with Gasteiger partial charge in [-0.25, -0.2) is 9.97 Å². The summed E-state index contributed by atoms with van der Waals surface area (Å²) in [6.07, 6.45) is 0.827. The molecule has 0 saturated heterocycles. The molecule has 2 aromatic heterocycles. The molecule has 0 amide bonds. The molecule has 2 rings (SSSR count). The summed E-state index contributed by atoms with van der Waals surface area (Å²) in [5.74, 6) is 2.60. The van der Waals surface area contributed by atoms with Crippen molar-refractivity contribution in [2.45, 2.75) is 20.3 Å². The van der Waals surface area contributed by atoms with Crippen LogP contribution in [0.25, 0.3) is 0 Å². The SMILES string of the molecule is Cc1cc(NCCc2ccc(Br)o2)nc(C)n1. The van der Waals surface area contributed by atoms with Crippen LogP contribution in [0.4, 0.5) is 5.82 Å². The van der Waals surface area contributed by atoms with Crippen molar-refractivity contribution in [2.24, 2.45) is 0 Å². The lowest BCUT2D eigenvalue weighted by atomic mass is 10.3. The van der Waals surface area contributed by atoms with Crippen LogP contribution in [-0.2, 0) is 6.42 Å². The van der Waals surface area contributed by atoms with Gasteiger partial charge in [-0.15, -0.1) is 0 Å². The zero-order chi connectivity index (χ0) is 12.3. The van der Waals surface area contributed by atoms with Gasteiger partial charge in [0.15, 0.2) is 4.67 Å². The van der Waals surface area contributed by atoms with Crippen molar-refractivity contribution in [3.05, 3.63) is 40.1 Å². The first kappa shape index (κ1) is 12.1. The fourth-order valence-electron chi connectivity index (χ4n) is 1.61. The Balaban J connectivity index is 1.89. The molecule has 2 heterocycles. The highest BCUT2D eigenvalue weighted by Crippen LogP contribution is 2.14. The number of hydrogen-bond acceptors (Lipinski definition) is 4. The van der Waals surface area contributed by atoms with E-state index in [2.05, 4.69) is 31.2 Å². The van der Waals surface area contributed by atoms with E-state index in [0.29, 0.717) is 0 Å². The normalized spacial score (nSPS) is 10.5. The molecule has 90 valence electrons. The van der Waals surface area contributed by atoms with Gasteiger partial charge in [0.1, 0.15) is 17.4 Å². The topological polar surface area (TPSA) is 51.0 Å². The summed E-state index contributed by atoms with van der Waals surface area (Å²) in [5, 5.41) is 3.26. The quantitative estimate of drug-likeness (QED) is 0.942. The van der Waals surface area contributed by atoms with Crippen LogP contribution in [0.3, 0.4) is 0 Å². The number of nitrogens with zero attached hydrogens (tertiary/aromatic N) is 2. The average Bonchev–Trinajstić information content (AvgIpc) is 2.63. The third kappa shape index (κ3) is 3.56. The van der Waals surface area contributed by atoms with Crippen LogP contribution in [0.5, 0.6) is 0 Å². The molecule has 0 aliphatic rings. The lowest BCUT2D eigenvalue weighted by Gasteiger charge is -2.05. The minimum atomic E-state index is 0.765. The predicted molar refractivity (Wildman–Crippen MR) is 70.1 cm³/mol. The second-order valence-corrected chi connectivity index (χ2v) is 4.61. The Bertz CT molecular complexity index is 490. The fraction of sp³-hybridized carbons (Fsp3) is 0.333. The molecule has 0 bridgehead atoms. The molecular weight excluding hydrogens is 282 g/mol. The Morgan fingerprint density at radius 1 is 1.29 bits per heavy atom. The Morgan fingerprint density at radius 3 is 2.76 bits per heavy atom. The largest absolute Gasteiger partial charge is 0.454 e. The lowest BCUT2D eigenvalue weighted by Crippen LogP contribution is -2.07. The Kier molecular flexibility index (Phi) is 3.78. The number of hydrogen-bond donors (Lipinski definition) is 1. The first-order chi connectivity index (χ1) is 8.13. The van der Waals surface area contributed by atoms with E-state index in [-0.39, 0.29) is 0 Å². The van der Waals surface area contributed by atoms with E-state index in [9.17, 15) is 0 Å².